The SMILES string of the molecule is C[C@@H](N)c1ccc(Br)cc1OC1CCCCCC1O. The largest absolute Gasteiger partial charge is 0.487 e. The van der Waals surface area contributed by atoms with E-state index in [9.17, 15) is 5.11 Å². The van der Waals surface area contributed by atoms with Crippen molar-refractivity contribution in [2.24, 2.45) is 5.73 Å². The molecule has 3 atom stereocenters. The van der Waals surface area contributed by atoms with Gasteiger partial charge in [0.15, 0.2) is 0 Å². The summed E-state index contributed by atoms with van der Waals surface area (Å²) >= 11 is 3.46. The molecule has 1 fully saturated rings. The van der Waals surface area contributed by atoms with Gasteiger partial charge in [0.05, 0.1) is 6.10 Å². The van der Waals surface area contributed by atoms with Gasteiger partial charge in [-0.1, -0.05) is 34.8 Å². The first-order chi connectivity index (χ1) is 9.08. The second-order valence-corrected chi connectivity index (χ2v) is 6.25. The fraction of sp³-hybridized carbons (Fsp3) is 0.600. The summed E-state index contributed by atoms with van der Waals surface area (Å²) in [5.74, 6) is 0.787. The number of hydrogen-bond acceptors (Lipinski definition) is 3. The quantitative estimate of drug-likeness (QED) is 0.835. The molecule has 1 aliphatic carbocycles. The van der Waals surface area contributed by atoms with Crippen molar-refractivity contribution in [2.75, 3.05) is 0 Å². The van der Waals surface area contributed by atoms with E-state index in [1.807, 2.05) is 25.1 Å². The molecule has 0 amide bonds. The molecule has 0 aliphatic heterocycles. The van der Waals surface area contributed by atoms with E-state index >= 15 is 0 Å². The van der Waals surface area contributed by atoms with Crippen molar-refractivity contribution in [2.45, 2.75) is 57.3 Å². The van der Waals surface area contributed by atoms with Crippen LogP contribution in [0.4, 0.5) is 0 Å². The van der Waals surface area contributed by atoms with Crippen LogP contribution < -0.4 is 10.5 Å². The average Bonchev–Trinajstić information content (AvgIpc) is 2.55. The third kappa shape index (κ3) is 3.94. The number of rotatable bonds is 3. The second kappa shape index (κ2) is 6.73. The topological polar surface area (TPSA) is 55.5 Å². The number of halogens is 1. The summed E-state index contributed by atoms with van der Waals surface area (Å²) in [6.45, 7) is 1.94. The molecule has 1 saturated carbocycles. The van der Waals surface area contributed by atoms with Crippen molar-refractivity contribution in [1.29, 1.82) is 0 Å². The van der Waals surface area contributed by atoms with Crippen LogP contribution >= 0.6 is 15.9 Å². The molecule has 0 saturated heterocycles. The number of benzene rings is 1. The van der Waals surface area contributed by atoms with Gasteiger partial charge >= 0.3 is 0 Å². The molecule has 2 rings (SSSR count). The lowest BCUT2D eigenvalue weighted by molar-refractivity contribution is 0.0312. The molecule has 4 heteroatoms. The number of hydrogen-bond donors (Lipinski definition) is 2. The molecule has 0 spiro atoms. The lowest BCUT2D eigenvalue weighted by Crippen LogP contribution is -2.31. The van der Waals surface area contributed by atoms with E-state index in [-0.39, 0.29) is 18.2 Å². The predicted octanol–water partition coefficient (Wildman–Crippen LogP) is 3.54. The van der Waals surface area contributed by atoms with E-state index in [1.165, 1.54) is 6.42 Å². The lowest BCUT2D eigenvalue weighted by Gasteiger charge is -2.24. The van der Waals surface area contributed by atoms with Crippen LogP contribution in [0.25, 0.3) is 0 Å². The van der Waals surface area contributed by atoms with E-state index in [2.05, 4.69) is 15.9 Å². The minimum atomic E-state index is -0.373. The maximum atomic E-state index is 10.1. The zero-order valence-corrected chi connectivity index (χ0v) is 12.9. The van der Waals surface area contributed by atoms with Crippen LogP contribution in [0.1, 0.15) is 50.6 Å². The second-order valence-electron chi connectivity index (χ2n) is 5.33. The van der Waals surface area contributed by atoms with Crippen LogP contribution in [0.2, 0.25) is 0 Å². The zero-order valence-electron chi connectivity index (χ0n) is 11.3. The summed E-state index contributed by atoms with van der Waals surface area (Å²) in [6, 6.07) is 5.81. The number of aliphatic hydroxyl groups excluding tert-OH is 1. The van der Waals surface area contributed by atoms with E-state index in [4.69, 9.17) is 10.5 Å². The molecule has 3 N–H and O–H groups in total. The Bertz CT molecular complexity index is 423. The third-order valence-corrected chi connectivity index (χ3v) is 4.16. The minimum absolute atomic E-state index is 0.0778. The average molecular weight is 328 g/mol. The van der Waals surface area contributed by atoms with E-state index in [1.54, 1.807) is 0 Å². The molecule has 3 nitrogen and oxygen atoms in total. The summed E-state index contributed by atoms with van der Waals surface area (Å²) in [5, 5.41) is 10.1. The Morgan fingerprint density at radius 3 is 2.79 bits per heavy atom. The molecule has 0 aromatic heterocycles. The Hall–Kier alpha value is -0.580. The third-order valence-electron chi connectivity index (χ3n) is 3.66. The zero-order chi connectivity index (χ0) is 13.8. The fourth-order valence-corrected chi connectivity index (χ4v) is 2.88. The highest BCUT2D eigenvalue weighted by molar-refractivity contribution is 9.10. The van der Waals surface area contributed by atoms with Crippen LogP contribution in [0.15, 0.2) is 22.7 Å². The van der Waals surface area contributed by atoms with Crippen LogP contribution in [0.5, 0.6) is 5.75 Å². The lowest BCUT2D eigenvalue weighted by atomic mass is 10.1. The molecule has 2 unspecified atom stereocenters. The van der Waals surface area contributed by atoms with Crippen molar-refractivity contribution >= 4 is 15.9 Å². The van der Waals surface area contributed by atoms with Crippen LogP contribution in [0, 0.1) is 0 Å². The van der Waals surface area contributed by atoms with Gasteiger partial charge in [-0.2, -0.15) is 0 Å². The molecular formula is C15H22BrNO2. The van der Waals surface area contributed by atoms with E-state index in [0.717, 1.165) is 41.5 Å². The highest BCUT2D eigenvalue weighted by Crippen LogP contribution is 2.31. The van der Waals surface area contributed by atoms with Gasteiger partial charge in [0, 0.05) is 16.1 Å². The Labute approximate surface area is 123 Å². The molecule has 1 aliphatic rings. The van der Waals surface area contributed by atoms with E-state index < -0.39 is 0 Å². The Morgan fingerprint density at radius 2 is 2.05 bits per heavy atom. The van der Waals surface area contributed by atoms with E-state index in [0.29, 0.717) is 0 Å². The van der Waals surface area contributed by atoms with Gasteiger partial charge in [0.2, 0.25) is 0 Å². The monoisotopic (exact) mass is 327 g/mol. The van der Waals surface area contributed by atoms with Gasteiger partial charge in [-0.05, 0) is 38.3 Å². The van der Waals surface area contributed by atoms with Crippen molar-refractivity contribution in [3.63, 3.8) is 0 Å². The first-order valence-electron chi connectivity index (χ1n) is 6.97. The van der Waals surface area contributed by atoms with Crippen LogP contribution in [-0.4, -0.2) is 17.3 Å². The first-order valence-corrected chi connectivity index (χ1v) is 7.77. The standard InChI is InChI=1S/C15H22BrNO2/c1-10(17)12-8-7-11(16)9-15(12)19-14-6-4-2-3-5-13(14)18/h7-10,13-14,18H,2-6,17H2,1H3/t10-,13?,14?/m1/s1. The Balaban J connectivity index is 2.18. The summed E-state index contributed by atoms with van der Waals surface area (Å²) in [7, 11) is 0. The Morgan fingerprint density at radius 1 is 1.32 bits per heavy atom. The maximum absolute atomic E-state index is 10.1. The van der Waals surface area contributed by atoms with Gasteiger partial charge in [0.25, 0.3) is 0 Å². The molecule has 1 aromatic rings. The molecule has 0 radical (unpaired) electrons. The number of ether oxygens (including phenoxy) is 1. The molecule has 19 heavy (non-hydrogen) atoms. The van der Waals surface area contributed by atoms with Gasteiger partial charge in [0.1, 0.15) is 11.9 Å². The Kier molecular flexibility index (Phi) is 5.25. The number of aliphatic hydroxyl groups is 1. The molecule has 1 aromatic carbocycles. The van der Waals surface area contributed by atoms with Gasteiger partial charge in [-0.25, -0.2) is 0 Å². The van der Waals surface area contributed by atoms with Gasteiger partial charge < -0.3 is 15.6 Å². The van der Waals surface area contributed by atoms with Crippen LogP contribution in [-0.2, 0) is 0 Å². The first kappa shape index (κ1) is 14.8. The van der Waals surface area contributed by atoms with Crippen LogP contribution in [0.3, 0.4) is 0 Å². The highest BCUT2D eigenvalue weighted by atomic mass is 79.9. The summed E-state index contributed by atoms with van der Waals surface area (Å²) in [4.78, 5) is 0. The highest BCUT2D eigenvalue weighted by Gasteiger charge is 2.24. The molecule has 0 heterocycles. The van der Waals surface area contributed by atoms with Crippen molar-refractivity contribution in [3.8, 4) is 5.75 Å². The molecular weight excluding hydrogens is 306 g/mol. The smallest absolute Gasteiger partial charge is 0.125 e. The molecule has 0 bridgehead atoms. The van der Waals surface area contributed by atoms with Gasteiger partial charge in [-0.3, -0.25) is 0 Å². The summed E-state index contributed by atoms with van der Waals surface area (Å²) < 4.78 is 7.03. The van der Waals surface area contributed by atoms with Crippen molar-refractivity contribution in [3.05, 3.63) is 28.2 Å². The van der Waals surface area contributed by atoms with Crippen molar-refractivity contribution < 1.29 is 9.84 Å². The fourth-order valence-electron chi connectivity index (χ4n) is 2.54. The summed E-state index contributed by atoms with van der Waals surface area (Å²) in [6.07, 6.45) is 4.62. The van der Waals surface area contributed by atoms with Crippen molar-refractivity contribution in [1.82, 2.24) is 0 Å². The predicted molar refractivity (Wildman–Crippen MR) is 80.3 cm³/mol. The number of nitrogens with two attached hydrogens (primary N) is 1. The van der Waals surface area contributed by atoms with Gasteiger partial charge in [-0.15, -0.1) is 0 Å². The summed E-state index contributed by atoms with van der Waals surface area (Å²) in [5.41, 5.74) is 6.96. The molecule has 106 valence electrons. The minimum Gasteiger partial charge on any atom is -0.487 e. The maximum Gasteiger partial charge on any atom is 0.125 e. The normalized spacial score (nSPS) is 25.7.